The molecule has 144 valence electrons. The topological polar surface area (TPSA) is 65.1 Å². The van der Waals surface area contributed by atoms with Crippen molar-refractivity contribution < 1.29 is 0 Å². The zero-order valence-corrected chi connectivity index (χ0v) is 16.5. The van der Waals surface area contributed by atoms with Gasteiger partial charge in [-0.2, -0.15) is 0 Å². The molecule has 1 unspecified atom stereocenters. The minimum absolute atomic E-state index is 0.245. The second-order valence-corrected chi connectivity index (χ2v) is 7.75. The largest absolute Gasteiger partial charge is 0.332 e. The highest BCUT2D eigenvalue weighted by molar-refractivity contribution is 5.71. The first-order chi connectivity index (χ1) is 12.4. The summed E-state index contributed by atoms with van der Waals surface area (Å²) in [7, 11) is 3.24. The van der Waals surface area contributed by atoms with E-state index < -0.39 is 0 Å². The molecule has 3 heterocycles. The van der Waals surface area contributed by atoms with Gasteiger partial charge in [-0.1, -0.05) is 26.7 Å². The number of unbranched alkanes of at least 4 members (excludes halogenated alkanes) is 2. The maximum absolute atomic E-state index is 12.8. The highest BCUT2D eigenvalue weighted by atomic mass is 16.2. The summed E-state index contributed by atoms with van der Waals surface area (Å²) in [6, 6.07) is 0. The van der Waals surface area contributed by atoms with Crippen molar-refractivity contribution in [2.45, 2.75) is 59.0 Å². The van der Waals surface area contributed by atoms with Crippen LogP contribution in [0.5, 0.6) is 0 Å². The molecule has 0 spiro atoms. The van der Waals surface area contributed by atoms with E-state index in [9.17, 15) is 9.59 Å². The molecule has 3 rings (SSSR count). The summed E-state index contributed by atoms with van der Waals surface area (Å²) in [5.74, 6) is 1.60. The van der Waals surface area contributed by atoms with Crippen molar-refractivity contribution in [2.75, 3.05) is 13.1 Å². The van der Waals surface area contributed by atoms with Gasteiger partial charge in [-0.05, 0) is 31.7 Å². The molecule has 26 heavy (non-hydrogen) atoms. The molecule has 0 amide bonds. The lowest BCUT2D eigenvalue weighted by Gasteiger charge is -2.30. The first-order valence-electron chi connectivity index (χ1n) is 9.81. The minimum Gasteiger partial charge on any atom is -0.321 e. The highest BCUT2D eigenvalue weighted by Crippen LogP contribution is 2.20. The summed E-state index contributed by atoms with van der Waals surface area (Å²) < 4.78 is 4.74. The first kappa shape index (κ1) is 18.9. The van der Waals surface area contributed by atoms with Crippen LogP contribution in [0.3, 0.4) is 0 Å². The molecule has 0 bridgehead atoms. The number of rotatable bonds is 6. The first-order valence-corrected chi connectivity index (χ1v) is 9.81. The number of aryl methyl sites for hydroxylation is 2. The van der Waals surface area contributed by atoms with Crippen LogP contribution in [-0.4, -0.2) is 36.7 Å². The molecular weight excluding hydrogens is 330 g/mol. The van der Waals surface area contributed by atoms with E-state index in [4.69, 9.17) is 4.98 Å². The number of aromatic nitrogens is 4. The molecule has 1 aliphatic heterocycles. The van der Waals surface area contributed by atoms with Crippen LogP contribution in [0.15, 0.2) is 9.59 Å². The average molecular weight is 361 g/mol. The standard InChI is InChI=1S/C19H31N5O2/c1-5-6-7-11-24-15(13-23-10-8-9-14(2)12-23)20-17-16(24)18(25)22(4)19(26)21(17)3/h14H,5-13H2,1-4H3. The lowest BCUT2D eigenvalue weighted by molar-refractivity contribution is 0.171. The molecule has 0 aromatic carbocycles. The normalized spacial score (nSPS) is 18.7. The van der Waals surface area contributed by atoms with Gasteiger partial charge in [-0.15, -0.1) is 0 Å². The summed E-state index contributed by atoms with van der Waals surface area (Å²) in [4.78, 5) is 32.2. The van der Waals surface area contributed by atoms with Gasteiger partial charge in [-0.3, -0.25) is 18.8 Å². The van der Waals surface area contributed by atoms with E-state index in [1.807, 2.05) is 0 Å². The third-order valence-corrected chi connectivity index (χ3v) is 5.52. The number of fused-ring (bicyclic) bond motifs is 1. The van der Waals surface area contributed by atoms with Gasteiger partial charge in [0.25, 0.3) is 5.56 Å². The smallest absolute Gasteiger partial charge is 0.321 e. The molecule has 0 N–H and O–H groups in total. The third-order valence-electron chi connectivity index (χ3n) is 5.52. The highest BCUT2D eigenvalue weighted by Gasteiger charge is 2.22. The Hall–Kier alpha value is -1.89. The maximum atomic E-state index is 12.8. The van der Waals surface area contributed by atoms with Gasteiger partial charge in [0.15, 0.2) is 11.2 Å². The lowest BCUT2D eigenvalue weighted by atomic mass is 10.0. The Morgan fingerprint density at radius 3 is 2.62 bits per heavy atom. The van der Waals surface area contributed by atoms with E-state index in [0.29, 0.717) is 17.1 Å². The van der Waals surface area contributed by atoms with Gasteiger partial charge in [0.2, 0.25) is 0 Å². The second kappa shape index (κ2) is 7.78. The molecule has 2 aromatic heterocycles. The molecule has 0 aliphatic carbocycles. The molecular formula is C19H31N5O2. The maximum Gasteiger partial charge on any atom is 0.332 e. The van der Waals surface area contributed by atoms with Crippen LogP contribution in [0, 0.1) is 5.92 Å². The number of imidazole rings is 1. The second-order valence-electron chi connectivity index (χ2n) is 7.75. The zero-order chi connectivity index (χ0) is 18.8. The van der Waals surface area contributed by atoms with Gasteiger partial charge in [0, 0.05) is 27.2 Å². The SMILES string of the molecule is CCCCCn1c(CN2CCCC(C)C2)nc2c1c(=O)n(C)c(=O)n2C. The van der Waals surface area contributed by atoms with Gasteiger partial charge in [0.05, 0.1) is 6.54 Å². The minimum atomic E-state index is -0.321. The van der Waals surface area contributed by atoms with Crippen molar-refractivity contribution in [3.63, 3.8) is 0 Å². The fourth-order valence-electron chi connectivity index (χ4n) is 4.00. The number of likely N-dealkylation sites (tertiary alicyclic amines) is 1. The summed E-state index contributed by atoms with van der Waals surface area (Å²) in [6.45, 7) is 8.11. The monoisotopic (exact) mass is 361 g/mol. The Labute approximate surface area is 154 Å². The molecule has 0 radical (unpaired) electrons. The van der Waals surface area contributed by atoms with E-state index in [1.165, 1.54) is 22.0 Å². The molecule has 1 saturated heterocycles. The van der Waals surface area contributed by atoms with E-state index in [1.54, 1.807) is 14.1 Å². The predicted octanol–water partition coefficient (Wildman–Crippen LogP) is 1.86. The molecule has 0 saturated carbocycles. The molecule has 7 nitrogen and oxygen atoms in total. The number of nitrogens with zero attached hydrogens (tertiary/aromatic N) is 5. The van der Waals surface area contributed by atoms with Crippen molar-refractivity contribution in [2.24, 2.45) is 20.0 Å². The van der Waals surface area contributed by atoms with Crippen molar-refractivity contribution in [1.29, 1.82) is 0 Å². The van der Waals surface area contributed by atoms with E-state index in [-0.39, 0.29) is 11.2 Å². The van der Waals surface area contributed by atoms with Crippen LogP contribution in [0.4, 0.5) is 0 Å². The summed E-state index contributed by atoms with van der Waals surface area (Å²) >= 11 is 0. The zero-order valence-electron chi connectivity index (χ0n) is 16.5. The fourth-order valence-corrected chi connectivity index (χ4v) is 4.00. The quantitative estimate of drug-likeness (QED) is 0.737. The lowest BCUT2D eigenvalue weighted by Crippen LogP contribution is -2.37. The van der Waals surface area contributed by atoms with Crippen molar-refractivity contribution >= 4 is 11.2 Å². The Morgan fingerprint density at radius 2 is 1.92 bits per heavy atom. The van der Waals surface area contributed by atoms with Gasteiger partial charge >= 0.3 is 5.69 Å². The van der Waals surface area contributed by atoms with Crippen LogP contribution in [0.25, 0.3) is 11.2 Å². The van der Waals surface area contributed by atoms with Gasteiger partial charge in [-0.25, -0.2) is 9.78 Å². The van der Waals surface area contributed by atoms with Crippen LogP contribution >= 0.6 is 0 Å². The molecule has 1 atom stereocenters. The summed E-state index contributed by atoms with van der Waals surface area (Å²) in [5.41, 5.74) is 0.504. The predicted molar refractivity (Wildman–Crippen MR) is 103 cm³/mol. The Morgan fingerprint density at radius 1 is 1.15 bits per heavy atom. The average Bonchev–Trinajstić information content (AvgIpc) is 2.97. The number of piperidine rings is 1. The van der Waals surface area contributed by atoms with Crippen LogP contribution < -0.4 is 11.2 Å². The molecule has 2 aromatic rings. The van der Waals surface area contributed by atoms with E-state index in [2.05, 4.69) is 23.3 Å². The van der Waals surface area contributed by atoms with Crippen LogP contribution in [0.2, 0.25) is 0 Å². The van der Waals surface area contributed by atoms with Crippen molar-refractivity contribution in [1.82, 2.24) is 23.6 Å². The fraction of sp³-hybridized carbons (Fsp3) is 0.737. The van der Waals surface area contributed by atoms with E-state index >= 15 is 0 Å². The van der Waals surface area contributed by atoms with Crippen LogP contribution in [0.1, 0.15) is 51.8 Å². The summed E-state index contributed by atoms with van der Waals surface area (Å²) in [6.07, 6.45) is 5.74. The van der Waals surface area contributed by atoms with Gasteiger partial charge in [0.1, 0.15) is 5.82 Å². The molecule has 1 aliphatic rings. The molecule has 7 heteroatoms. The number of hydrogen-bond acceptors (Lipinski definition) is 4. The van der Waals surface area contributed by atoms with E-state index in [0.717, 1.165) is 51.3 Å². The Bertz CT molecular complexity index is 892. The van der Waals surface area contributed by atoms with Crippen LogP contribution in [-0.2, 0) is 27.2 Å². The molecule has 1 fully saturated rings. The summed E-state index contributed by atoms with van der Waals surface area (Å²) in [5, 5.41) is 0. The van der Waals surface area contributed by atoms with Crippen molar-refractivity contribution in [3.8, 4) is 0 Å². The van der Waals surface area contributed by atoms with Gasteiger partial charge < -0.3 is 4.57 Å². The Kier molecular flexibility index (Phi) is 5.65. The Balaban J connectivity index is 2.07. The third kappa shape index (κ3) is 3.49. The number of hydrogen-bond donors (Lipinski definition) is 0. The van der Waals surface area contributed by atoms with Crippen molar-refractivity contribution in [3.05, 3.63) is 26.7 Å².